The van der Waals surface area contributed by atoms with Gasteiger partial charge in [-0.1, -0.05) is 35.3 Å². The van der Waals surface area contributed by atoms with Crippen molar-refractivity contribution >= 4 is 45.8 Å². The van der Waals surface area contributed by atoms with Gasteiger partial charge in [-0.2, -0.15) is 0 Å². The van der Waals surface area contributed by atoms with Crippen molar-refractivity contribution in [3.63, 3.8) is 0 Å². The lowest BCUT2D eigenvalue weighted by atomic mass is 10.1. The minimum atomic E-state index is -0.660. The maximum absolute atomic E-state index is 13.9. The summed E-state index contributed by atoms with van der Waals surface area (Å²) in [5.41, 5.74) is 2.12. The number of carbonyl (C=O) groups excluding carboxylic acids is 1. The molecule has 30 heavy (non-hydrogen) atoms. The Kier molecular flexibility index (Phi) is 5.32. The maximum atomic E-state index is 13.9. The third-order valence-corrected chi connectivity index (χ3v) is 5.11. The Hall–Kier alpha value is -3.16. The van der Waals surface area contributed by atoms with Crippen LogP contribution in [0.25, 0.3) is 22.2 Å². The number of nitrogens with one attached hydrogen (secondary N) is 1. The summed E-state index contributed by atoms with van der Waals surface area (Å²) >= 11 is 11.7. The van der Waals surface area contributed by atoms with Gasteiger partial charge in [0, 0.05) is 28.9 Å². The molecule has 0 unspecified atom stereocenters. The van der Waals surface area contributed by atoms with E-state index in [0.29, 0.717) is 16.1 Å². The largest absolute Gasteiger partial charge is 0.344 e. The molecular formula is C21H15Cl2FN4O2. The first-order valence-electron chi connectivity index (χ1n) is 8.89. The Morgan fingerprint density at radius 2 is 1.83 bits per heavy atom. The first-order valence-corrected chi connectivity index (χ1v) is 9.64. The van der Waals surface area contributed by atoms with Crippen molar-refractivity contribution in [2.45, 2.75) is 6.54 Å². The van der Waals surface area contributed by atoms with E-state index in [9.17, 15) is 14.0 Å². The quantitative estimate of drug-likeness (QED) is 0.504. The number of aryl methyl sites for hydroxylation is 1. The van der Waals surface area contributed by atoms with E-state index in [1.807, 2.05) is 12.1 Å². The second kappa shape index (κ2) is 7.93. The van der Waals surface area contributed by atoms with Crippen LogP contribution in [0.5, 0.6) is 0 Å². The fourth-order valence-corrected chi connectivity index (χ4v) is 3.49. The van der Waals surface area contributed by atoms with Crippen molar-refractivity contribution < 1.29 is 9.18 Å². The van der Waals surface area contributed by atoms with Gasteiger partial charge in [-0.05, 0) is 35.9 Å². The van der Waals surface area contributed by atoms with Gasteiger partial charge in [-0.25, -0.2) is 9.37 Å². The molecule has 0 fully saturated rings. The zero-order valence-corrected chi connectivity index (χ0v) is 17.2. The number of hydrogen-bond acceptors (Lipinski definition) is 3. The molecule has 0 saturated carbocycles. The molecule has 9 heteroatoms. The number of anilines is 1. The third kappa shape index (κ3) is 3.81. The van der Waals surface area contributed by atoms with E-state index in [-0.39, 0.29) is 22.8 Å². The summed E-state index contributed by atoms with van der Waals surface area (Å²) in [5, 5.41) is 3.26. The lowest BCUT2D eigenvalue weighted by Gasteiger charge is -2.09. The van der Waals surface area contributed by atoms with Crippen LogP contribution in [-0.4, -0.2) is 20.0 Å². The number of fused-ring (bicyclic) bond motifs is 1. The van der Waals surface area contributed by atoms with Crippen LogP contribution in [0.4, 0.5) is 10.1 Å². The Balaban J connectivity index is 1.65. The highest BCUT2D eigenvalue weighted by Gasteiger charge is 2.16. The zero-order chi connectivity index (χ0) is 21.4. The van der Waals surface area contributed by atoms with E-state index in [1.165, 1.54) is 23.0 Å². The minimum absolute atomic E-state index is 0.0182. The lowest BCUT2D eigenvalue weighted by molar-refractivity contribution is -0.116. The minimum Gasteiger partial charge on any atom is -0.344 e. The molecule has 152 valence electrons. The summed E-state index contributed by atoms with van der Waals surface area (Å²) < 4.78 is 16.7. The van der Waals surface area contributed by atoms with Gasteiger partial charge in [0.2, 0.25) is 5.91 Å². The van der Waals surface area contributed by atoms with Gasteiger partial charge in [0.25, 0.3) is 5.56 Å². The molecule has 0 spiro atoms. The normalized spacial score (nSPS) is 11.1. The van der Waals surface area contributed by atoms with Gasteiger partial charge in [0.1, 0.15) is 23.4 Å². The topological polar surface area (TPSA) is 68.9 Å². The summed E-state index contributed by atoms with van der Waals surface area (Å²) in [7, 11) is 1.73. The SMILES string of the molecule is Cn1cc(-c2ccc(Cl)cc2)c2ncn(CC(=O)Nc3ccc(Cl)cc3F)c(=O)c21. The molecular weight excluding hydrogens is 430 g/mol. The smallest absolute Gasteiger partial charge is 0.278 e. The van der Waals surface area contributed by atoms with Crippen LogP contribution in [0, 0.1) is 5.82 Å². The van der Waals surface area contributed by atoms with Crippen LogP contribution in [0.1, 0.15) is 0 Å². The second-order valence-electron chi connectivity index (χ2n) is 6.71. The maximum Gasteiger partial charge on any atom is 0.278 e. The monoisotopic (exact) mass is 444 g/mol. The van der Waals surface area contributed by atoms with Crippen LogP contribution in [0.15, 0.2) is 59.8 Å². The number of hydrogen-bond donors (Lipinski definition) is 1. The molecule has 0 bridgehead atoms. The molecule has 4 rings (SSSR count). The summed E-state index contributed by atoms with van der Waals surface area (Å²) in [6.07, 6.45) is 3.11. The van der Waals surface area contributed by atoms with Gasteiger partial charge >= 0.3 is 0 Å². The third-order valence-electron chi connectivity index (χ3n) is 4.62. The average molecular weight is 445 g/mol. The van der Waals surface area contributed by atoms with E-state index >= 15 is 0 Å². The van der Waals surface area contributed by atoms with Gasteiger partial charge in [-0.3, -0.25) is 14.2 Å². The molecule has 6 nitrogen and oxygen atoms in total. The number of aromatic nitrogens is 3. The number of halogens is 3. The van der Waals surface area contributed by atoms with E-state index in [1.54, 1.807) is 29.9 Å². The number of nitrogens with zero attached hydrogens (tertiary/aromatic N) is 3. The Morgan fingerprint density at radius 1 is 1.13 bits per heavy atom. The molecule has 2 aromatic carbocycles. The predicted molar refractivity (Wildman–Crippen MR) is 115 cm³/mol. The molecule has 1 amide bonds. The summed E-state index contributed by atoms with van der Waals surface area (Å²) in [4.78, 5) is 29.7. The van der Waals surface area contributed by atoms with Crippen molar-refractivity contribution in [3.05, 3.63) is 81.2 Å². The molecule has 2 heterocycles. The molecule has 1 N–H and O–H groups in total. The van der Waals surface area contributed by atoms with Crippen LogP contribution in [-0.2, 0) is 18.4 Å². The van der Waals surface area contributed by atoms with Gasteiger partial charge in [0.15, 0.2) is 0 Å². The molecule has 0 aliphatic carbocycles. The molecule has 0 saturated heterocycles. The van der Waals surface area contributed by atoms with Crippen LogP contribution < -0.4 is 10.9 Å². The van der Waals surface area contributed by atoms with E-state index in [4.69, 9.17) is 23.2 Å². The second-order valence-corrected chi connectivity index (χ2v) is 7.58. The number of carbonyl (C=O) groups is 1. The fourth-order valence-electron chi connectivity index (χ4n) is 3.20. The Bertz CT molecular complexity index is 1330. The van der Waals surface area contributed by atoms with Crippen molar-refractivity contribution in [3.8, 4) is 11.1 Å². The van der Waals surface area contributed by atoms with Crippen LogP contribution in [0.2, 0.25) is 10.0 Å². The van der Waals surface area contributed by atoms with Gasteiger partial charge in [-0.15, -0.1) is 0 Å². The van der Waals surface area contributed by atoms with E-state index < -0.39 is 11.7 Å². The summed E-state index contributed by atoms with van der Waals surface area (Å²) in [6, 6.07) is 11.1. The molecule has 0 atom stereocenters. The van der Waals surface area contributed by atoms with Crippen LogP contribution in [0.3, 0.4) is 0 Å². The van der Waals surface area contributed by atoms with E-state index in [2.05, 4.69) is 10.3 Å². The first-order chi connectivity index (χ1) is 14.3. The zero-order valence-electron chi connectivity index (χ0n) is 15.7. The first kappa shape index (κ1) is 20.1. The molecule has 2 aromatic heterocycles. The highest BCUT2D eigenvalue weighted by molar-refractivity contribution is 6.31. The lowest BCUT2D eigenvalue weighted by Crippen LogP contribution is -2.28. The number of benzene rings is 2. The van der Waals surface area contributed by atoms with E-state index in [0.717, 1.165) is 17.2 Å². The molecule has 0 aliphatic rings. The number of amides is 1. The van der Waals surface area contributed by atoms with Gasteiger partial charge < -0.3 is 9.88 Å². The average Bonchev–Trinajstić information content (AvgIpc) is 3.04. The summed E-state index contributed by atoms with van der Waals surface area (Å²) in [5.74, 6) is -1.22. The van der Waals surface area contributed by atoms with Crippen LogP contribution >= 0.6 is 23.2 Å². The highest BCUT2D eigenvalue weighted by atomic mass is 35.5. The predicted octanol–water partition coefficient (Wildman–Crippen LogP) is 4.49. The Morgan fingerprint density at radius 3 is 2.53 bits per heavy atom. The Labute approximate surface area is 180 Å². The molecule has 4 aromatic rings. The summed E-state index contributed by atoms with van der Waals surface area (Å²) in [6.45, 7) is -0.314. The molecule has 0 radical (unpaired) electrons. The van der Waals surface area contributed by atoms with Crippen molar-refractivity contribution in [2.24, 2.45) is 7.05 Å². The van der Waals surface area contributed by atoms with Crippen molar-refractivity contribution in [2.75, 3.05) is 5.32 Å². The number of rotatable bonds is 4. The molecule has 0 aliphatic heterocycles. The fraction of sp³-hybridized carbons (Fsp3) is 0.0952. The standard InChI is InChI=1S/C21H15Cl2FN4O2/c1-27-9-15(12-2-4-13(22)5-3-12)19-20(27)21(30)28(11-25-19)10-18(29)26-17-7-6-14(23)8-16(17)24/h2-9,11H,10H2,1H3,(H,26,29). The van der Waals surface area contributed by atoms with Crippen molar-refractivity contribution in [1.29, 1.82) is 0 Å². The van der Waals surface area contributed by atoms with Crippen molar-refractivity contribution in [1.82, 2.24) is 14.1 Å². The highest BCUT2D eigenvalue weighted by Crippen LogP contribution is 2.28. The van der Waals surface area contributed by atoms with Gasteiger partial charge in [0.05, 0.1) is 12.0 Å².